The second-order valence-corrected chi connectivity index (χ2v) is 11.0. The Bertz CT molecular complexity index is 1260. The van der Waals surface area contributed by atoms with Crippen LogP contribution < -0.4 is 19.7 Å². The van der Waals surface area contributed by atoms with Gasteiger partial charge in [0.1, 0.15) is 5.57 Å². The largest absolute Gasteiger partial charge is 0.493 e. The number of carbonyl (C=O) groups excluding carboxylic acids is 3. The van der Waals surface area contributed by atoms with E-state index in [4.69, 9.17) is 9.47 Å². The second-order valence-electron chi connectivity index (χ2n) is 11.0. The lowest BCUT2D eigenvalue weighted by Gasteiger charge is -2.57. The molecule has 2 aromatic rings. The maximum Gasteiger partial charge on any atom is 0.335 e. The maximum atomic E-state index is 13.4. The Morgan fingerprint density at radius 1 is 0.946 bits per heavy atom. The number of urea groups is 1. The van der Waals surface area contributed by atoms with Crippen LogP contribution in [0.15, 0.2) is 48.0 Å². The average Bonchev–Trinajstić information content (AvgIpc) is 2.86. The summed E-state index contributed by atoms with van der Waals surface area (Å²) in [5, 5.41) is 2.32. The van der Waals surface area contributed by atoms with E-state index in [0.29, 0.717) is 29.4 Å². The lowest BCUT2D eigenvalue weighted by molar-refractivity contribution is -0.122. The third kappa shape index (κ3) is 4.10. The summed E-state index contributed by atoms with van der Waals surface area (Å²) < 4.78 is 10.9. The van der Waals surface area contributed by atoms with Crippen molar-refractivity contribution < 1.29 is 23.9 Å². The molecule has 1 heterocycles. The number of ether oxygens (including phenoxy) is 2. The molecular weight excluding hydrogens is 468 g/mol. The van der Waals surface area contributed by atoms with Crippen LogP contribution in [0, 0.1) is 17.8 Å². The number of methoxy groups -OCH3 is 1. The molecule has 4 bridgehead atoms. The second kappa shape index (κ2) is 9.05. The van der Waals surface area contributed by atoms with E-state index < -0.39 is 17.8 Å². The van der Waals surface area contributed by atoms with E-state index >= 15 is 0 Å². The molecule has 0 unspecified atom stereocenters. The van der Waals surface area contributed by atoms with E-state index in [1.54, 1.807) is 25.3 Å². The van der Waals surface area contributed by atoms with Crippen molar-refractivity contribution >= 4 is 29.6 Å². The monoisotopic (exact) mass is 500 g/mol. The predicted octanol–water partition coefficient (Wildman–Crippen LogP) is 5.23. The van der Waals surface area contributed by atoms with Gasteiger partial charge in [0.15, 0.2) is 11.5 Å². The zero-order valence-corrected chi connectivity index (χ0v) is 21.3. The van der Waals surface area contributed by atoms with Gasteiger partial charge in [0, 0.05) is 0 Å². The van der Waals surface area contributed by atoms with E-state index in [1.807, 2.05) is 19.1 Å². The van der Waals surface area contributed by atoms with Gasteiger partial charge in [-0.3, -0.25) is 14.9 Å². The summed E-state index contributed by atoms with van der Waals surface area (Å²) in [6.45, 7) is 2.30. The number of benzene rings is 2. The highest BCUT2D eigenvalue weighted by atomic mass is 16.5. The summed E-state index contributed by atoms with van der Waals surface area (Å²) >= 11 is 0. The number of amides is 4. The van der Waals surface area contributed by atoms with Crippen molar-refractivity contribution in [2.45, 2.75) is 50.9 Å². The third-order valence-corrected chi connectivity index (χ3v) is 8.68. The fourth-order valence-corrected chi connectivity index (χ4v) is 7.54. The van der Waals surface area contributed by atoms with Crippen molar-refractivity contribution in [3.63, 3.8) is 0 Å². The topological polar surface area (TPSA) is 84.9 Å². The van der Waals surface area contributed by atoms with E-state index in [0.717, 1.165) is 22.7 Å². The Hall–Kier alpha value is -3.61. The van der Waals surface area contributed by atoms with Gasteiger partial charge in [0.2, 0.25) is 0 Å². The molecule has 192 valence electrons. The highest BCUT2D eigenvalue weighted by Gasteiger charge is 2.51. The van der Waals surface area contributed by atoms with Crippen LogP contribution in [-0.4, -0.2) is 31.6 Å². The minimum atomic E-state index is -0.737. The van der Waals surface area contributed by atoms with Crippen LogP contribution in [0.2, 0.25) is 0 Å². The van der Waals surface area contributed by atoms with E-state index in [-0.39, 0.29) is 11.0 Å². The van der Waals surface area contributed by atoms with Crippen molar-refractivity contribution in [3.05, 3.63) is 59.2 Å². The lowest BCUT2D eigenvalue weighted by Crippen LogP contribution is -2.54. The minimum absolute atomic E-state index is 0.114. The average molecular weight is 501 g/mol. The lowest BCUT2D eigenvalue weighted by atomic mass is 9.48. The highest BCUT2D eigenvalue weighted by Crippen LogP contribution is 2.60. The molecule has 0 spiro atoms. The number of anilines is 1. The Labute approximate surface area is 216 Å². The fraction of sp³-hybridized carbons (Fsp3) is 0.433. The van der Waals surface area contributed by atoms with Crippen LogP contribution >= 0.6 is 0 Å². The van der Waals surface area contributed by atoms with Crippen molar-refractivity contribution in [3.8, 4) is 11.5 Å². The van der Waals surface area contributed by atoms with E-state index in [1.165, 1.54) is 50.2 Å². The fourth-order valence-electron chi connectivity index (χ4n) is 7.54. The van der Waals surface area contributed by atoms with Gasteiger partial charge < -0.3 is 9.47 Å². The molecule has 4 saturated carbocycles. The molecule has 5 fully saturated rings. The first kappa shape index (κ1) is 23.8. The van der Waals surface area contributed by atoms with Gasteiger partial charge in [-0.1, -0.05) is 18.2 Å². The summed E-state index contributed by atoms with van der Waals surface area (Å²) in [6, 6.07) is 12.3. The maximum absolute atomic E-state index is 13.4. The van der Waals surface area contributed by atoms with E-state index in [2.05, 4.69) is 17.4 Å². The Balaban J connectivity index is 1.28. The van der Waals surface area contributed by atoms with Crippen molar-refractivity contribution in [2.75, 3.05) is 18.6 Å². The molecule has 4 amide bonds. The van der Waals surface area contributed by atoms with Crippen LogP contribution in [0.3, 0.4) is 0 Å². The van der Waals surface area contributed by atoms with Gasteiger partial charge in [0.05, 0.1) is 19.4 Å². The van der Waals surface area contributed by atoms with Crippen molar-refractivity contribution in [2.24, 2.45) is 17.8 Å². The molecular formula is C30H32N2O5. The number of hydrogen-bond acceptors (Lipinski definition) is 5. The standard InChI is InChI=1S/C30H32N2O5/c1-3-37-26-14-18(4-9-25(26)36-2)13-24-27(33)31-29(35)32(28(24)34)23-7-5-22(6-8-23)30-15-19-10-20(16-30)12-21(11-19)17-30/h4-9,13-14,19-21H,3,10-12,15-17H2,1-2H3,(H,31,33,35)/b24-13-. The summed E-state index contributed by atoms with van der Waals surface area (Å²) in [4.78, 5) is 39.8. The molecule has 5 aliphatic rings. The van der Waals surface area contributed by atoms with Gasteiger partial charge in [-0.05, 0) is 110 Å². The van der Waals surface area contributed by atoms with Gasteiger partial charge >= 0.3 is 6.03 Å². The number of rotatable bonds is 6. The first-order valence-electron chi connectivity index (χ1n) is 13.2. The Morgan fingerprint density at radius 2 is 1.59 bits per heavy atom. The Morgan fingerprint density at radius 3 is 2.19 bits per heavy atom. The molecule has 1 aliphatic heterocycles. The van der Waals surface area contributed by atoms with Gasteiger partial charge in [0.25, 0.3) is 11.8 Å². The predicted molar refractivity (Wildman–Crippen MR) is 139 cm³/mol. The highest BCUT2D eigenvalue weighted by molar-refractivity contribution is 6.39. The first-order chi connectivity index (χ1) is 17.9. The molecule has 2 aromatic carbocycles. The third-order valence-electron chi connectivity index (χ3n) is 8.68. The zero-order valence-electron chi connectivity index (χ0n) is 21.3. The summed E-state index contributed by atoms with van der Waals surface area (Å²) in [7, 11) is 1.55. The normalized spacial score (nSPS) is 29.6. The molecule has 0 aromatic heterocycles. The number of imide groups is 2. The molecule has 7 heteroatoms. The summed E-state index contributed by atoms with van der Waals surface area (Å²) in [5.41, 5.74) is 2.48. The molecule has 7 nitrogen and oxygen atoms in total. The molecule has 0 radical (unpaired) electrons. The number of hydrogen-bond donors (Lipinski definition) is 1. The zero-order chi connectivity index (χ0) is 25.7. The molecule has 1 saturated heterocycles. The van der Waals surface area contributed by atoms with Crippen LogP contribution in [0.5, 0.6) is 11.5 Å². The first-order valence-corrected chi connectivity index (χ1v) is 13.2. The van der Waals surface area contributed by atoms with Crippen molar-refractivity contribution in [1.82, 2.24) is 5.32 Å². The number of barbiturate groups is 1. The molecule has 37 heavy (non-hydrogen) atoms. The smallest absolute Gasteiger partial charge is 0.335 e. The number of nitrogens with one attached hydrogen (secondary N) is 1. The molecule has 1 N–H and O–H groups in total. The number of carbonyl (C=O) groups is 3. The minimum Gasteiger partial charge on any atom is -0.493 e. The van der Waals surface area contributed by atoms with Crippen LogP contribution in [0.4, 0.5) is 10.5 Å². The molecule has 0 atom stereocenters. The van der Waals surface area contributed by atoms with Gasteiger partial charge in [-0.15, -0.1) is 0 Å². The van der Waals surface area contributed by atoms with Crippen molar-refractivity contribution in [1.29, 1.82) is 0 Å². The van der Waals surface area contributed by atoms with Crippen LogP contribution in [-0.2, 0) is 15.0 Å². The number of nitrogens with zero attached hydrogens (tertiary/aromatic N) is 1. The van der Waals surface area contributed by atoms with Gasteiger partial charge in [-0.25, -0.2) is 9.69 Å². The SMILES string of the molecule is CCOc1cc(/C=C2/C(=O)NC(=O)N(c3ccc(C45CC6CC(CC(C6)C4)C5)cc3)C2=O)ccc1OC. The van der Waals surface area contributed by atoms with Crippen LogP contribution in [0.25, 0.3) is 6.08 Å². The van der Waals surface area contributed by atoms with E-state index in [9.17, 15) is 14.4 Å². The summed E-state index contributed by atoms with van der Waals surface area (Å²) in [5.74, 6) is 2.20. The quantitative estimate of drug-likeness (QED) is 0.434. The van der Waals surface area contributed by atoms with Crippen LogP contribution in [0.1, 0.15) is 56.6 Å². The molecule has 4 aliphatic carbocycles. The van der Waals surface area contributed by atoms with Gasteiger partial charge in [-0.2, -0.15) is 0 Å². The summed E-state index contributed by atoms with van der Waals surface area (Å²) in [6.07, 6.45) is 9.34. The Kier molecular flexibility index (Phi) is 5.81. The molecule has 7 rings (SSSR count).